The number of carboxylic acid groups (broad SMARTS) is 1. The number of carboxylic acids is 1. The summed E-state index contributed by atoms with van der Waals surface area (Å²) in [7, 11) is 0. The third kappa shape index (κ3) is 12.0. The highest BCUT2D eigenvalue weighted by Crippen LogP contribution is 2.39. The predicted molar refractivity (Wildman–Crippen MR) is 205 cm³/mol. The Morgan fingerprint density at radius 3 is 1.94 bits per heavy atom. The number of rotatable bonds is 24. The normalized spacial score (nSPS) is 13.6. The van der Waals surface area contributed by atoms with Gasteiger partial charge in [-0.1, -0.05) is 35.9 Å². The molecule has 0 radical (unpaired) electrons. The molecule has 2 aromatic carbocycles. The molecule has 4 aromatic rings. The summed E-state index contributed by atoms with van der Waals surface area (Å²) in [5.41, 5.74) is 4.82. The predicted octanol–water partition coefficient (Wildman–Crippen LogP) is 5.94. The van der Waals surface area contributed by atoms with Crippen molar-refractivity contribution in [2.24, 2.45) is 4.99 Å². The average Bonchev–Trinajstić information content (AvgIpc) is 3.63. The molecule has 5 rings (SSSR count). The second kappa shape index (κ2) is 21.2. The second-order valence-corrected chi connectivity index (χ2v) is 14.2. The van der Waals surface area contributed by atoms with Crippen LogP contribution >= 0.6 is 22.9 Å². The van der Waals surface area contributed by atoms with Crippen LogP contribution in [0.25, 0.3) is 5.00 Å². The third-order valence-electron chi connectivity index (χ3n) is 8.55. The molecule has 13 nitrogen and oxygen atoms in total. The van der Waals surface area contributed by atoms with E-state index in [0.29, 0.717) is 82.7 Å². The minimum atomic E-state index is -0.882. The molecule has 1 aliphatic heterocycles. The lowest BCUT2D eigenvalue weighted by molar-refractivity contribution is -0.138. The molecular weight excluding hydrogens is 736 g/mol. The van der Waals surface area contributed by atoms with Gasteiger partial charge in [-0.3, -0.25) is 19.1 Å². The van der Waals surface area contributed by atoms with Gasteiger partial charge in [0.15, 0.2) is 5.82 Å². The first-order chi connectivity index (χ1) is 26.2. The van der Waals surface area contributed by atoms with Crippen LogP contribution in [0.2, 0.25) is 5.02 Å². The van der Waals surface area contributed by atoms with Gasteiger partial charge >= 0.3 is 5.97 Å². The van der Waals surface area contributed by atoms with Crippen molar-refractivity contribution in [1.82, 2.24) is 14.8 Å². The Hall–Kier alpha value is -4.02. The lowest BCUT2D eigenvalue weighted by atomic mass is 9.99. The third-order valence-corrected chi connectivity index (χ3v) is 9.99. The van der Waals surface area contributed by atoms with E-state index < -0.39 is 12.0 Å². The van der Waals surface area contributed by atoms with Crippen LogP contribution in [0.3, 0.4) is 0 Å². The summed E-state index contributed by atoms with van der Waals surface area (Å²) in [5, 5.41) is 19.1. The highest BCUT2D eigenvalue weighted by atomic mass is 35.5. The van der Waals surface area contributed by atoms with Crippen molar-refractivity contribution in [2.45, 2.75) is 46.1 Å². The van der Waals surface area contributed by atoms with Crippen molar-refractivity contribution in [3.05, 3.63) is 92.3 Å². The van der Waals surface area contributed by atoms with E-state index in [4.69, 9.17) is 50.1 Å². The zero-order valence-corrected chi connectivity index (χ0v) is 32.5. The van der Waals surface area contributed by atoms with Crippen molar-refractivity contribution in [3.63, 3.8) is 0 Å². The number of aliphatic imine (C=N–C) groups is 1. The molecule has 0 spiro atoms. The second-order valence-electron chi connectivity index (χ2n) is 12.5. The standard InChI is InChI=1S/C39H47ClN4O9S/c1-26-27(2)54-39-36(26)37(30-6-8-31(40)9-7-30)41-34(38-43-42-28(3)44(38)39)25-32(45)24-29-4-10-33(11-5-29)53-23-22-52-21-20-51-19-18-50-17-16-49-15-14-48-13-12-35(46)47/h4-11,34H,12-25H2,1-3H3,(H,46,47)/t34-/m0/s1. The van der Waals surface area contributed by atoms with Crippen LogP contribution in [0.4, 0.5) is 0 Å². The van der Waals surface area contributed by atoms with Gasteiger partial charge in [-0.2, -0.15) is 0 Å². The molecule has 1 atom stereocenters. The molecule has 0 bridgehead atoms. The summed E-state index contributed by atoms with van der Waals surface area (Å²) in [4.78, 5) is 30.3. The smallest absolute Gasteiger partial charge is 0.305 e. The number of hydrogen-bond donors (Lipinski definition) is 1. The number of ketones is 1. The molecule has 15 heteroatoms. The van der Waals surface area contributed by atoms with Crippen LogP contribution in [0, 0.1) is 20.8 Å². The summed E-state index contributed by atoms with van der Waals surface area (Å²) >= 11 is 7.91. The van der Waals surface area contributed by atoms with E-state index in [1.165, 1.54) is 4.88 Å². The molecule has 1 aliphatic rings. The Morgan fingerprint density at radius 1 is 0.778 bits per heavy atom. The number of aliphatic carboxylic acids is 1. The van der Waals surface area contributed by atoms with Gasteiger partial charge in [0.25, 0.3) is 0 Å². The van der Waals surface area contributed by atoms with E-state index >= 15 is 0 Å². The number of thiophene rings is 1. The maximum atomic E-state index is 13.5. The van der Waals surface area contributed by atoms with Crippen LogP contribution in [-0.2, 0) is 39.7 Å². The van der Waals surface area contributed by atoms with Gasteiger partial charge in [0.2, 0.25) is 0 Å². The van der Waals surface area contributed by atoms with Crippen molar-refractivity contribution < 1.29 is 43.1 Å². The molecular formula is C39H47ClN4O9S. The fraction of sp³-hybridized carbons (Fsp3) is 0.462. The lowest BCUT2D eigenvalue weighted by Crippen LogP contribution is -2.14. The van der Waals surface area contributed by atoms with Crippen LogP contribution in [-0.4, -0.2) is 110 Å². The Balaban J connectivity index is 1.00. The first-order valence-electron chi connectivity index (χ1n) is 17.9. The number of nitrogens with zero attached hydrogens (tertiary/aromatic N) is 4. The highest BCUT2D eigenvalue weighted by Gasteiger charge is 2.32. The van der Waals surface area contributed by atoms with Gasteiger partial charge in [-0.15, -0.1) is 21.5 Å². The zero-order valence-electron chi connectivity index (χ0n) is 30.9. The fourth-order valence-electron chi connectivity index (χ4n) is 5.71. The van der Waals surface area contributed by atoms with E-state index in [9.17, 15) is 9.59 Å². The molecule has 54 heavy (non-hydrogen) atoms. The van der Waals surface area contributed by atoms with E-state index in [2.05, 4.69) is 28.6 Å². The Labute approximate surface area is 324 Å². The van der Waals surface area contributed by atoms with Crippen molar-refractivity contribution >= 4 is 40.4 Å². The average molecular weight is 783 g/mol. The van der Waals surface area contributed by atoms with Crippen LogP contribution in [0.1, 0.15) is 57.7 Å². The van der Waals surface area contributed by atoms with Crippen molar-refractivity contribution in [1.29, 1.82) is 0 Å². The number of hydrogen-bond acceptors (Lipinski definition) is 12. The van der Waals surface area contributed by atoms with E-state index in [1.54, 1.807) is 11.3 Å². The molecule has 0 fully saturated rings. The monoisotopic (exact) mass is 782 g/mol. The van der Waals surface area contributed by atoms with E-state index in [1.807, 2.05) is 55.5 Å². The Bertz CT molecular complexity index is 1840. The molecule has 0 aliphatic carbocycles. The molecule has 0 saturated heterocycles. The summed E-state index contributed by atoms with van der Waals surface area (Å²) in [6, 6.07) is 14.7. The summed E-state index contributed by atoms with van der Waals surface area (Å²) in [6.07, 6.45) is 0.421. The largest absolute Gasteiger partial charge is 0.491 e. The fourth-order valence-corrected chi connectivity index (χ4v) is 7.05. The molecule has 3 heterocycles. The number of aryl methyl sites for hydroxylation is 2. The molecule has 0 unspecified atom stereocenters. The van der Waals surface area contributed by atoms with Gasteiger partial charge in [0.05, 0.1) is 78.2 Å². The first-order valence-corrected chi connectivity index (χ1v) is 19.1. The topological polar surface area (TPSA) is 153 Å². The van der Waals surface area contributed by atoms with Crippen molar-refractivity contribution in [2.75, 3.05) is 72.7 Å². The number of fused-ring (bicyclic) bond motifs is 3. The minimum Gasteiger partial charge on any atom is -0.491 e. The van der Waals surface area contributed by atoms with E-state index in [-0.39, 0.29) is 31.7 Å². The lowest BCUT2D eigenvalue weighted by Gasteiger charge is -2.13. The van der Waals surface area contributed by atoms with Crippen LogP contribution in [0.15, 0.2) is 53.5 Å². The molecule has 2 aromatic heterocycles. The summed E-state index contributed by atoms with van der Waals surface area (Å²) < 4.78 is 34.9. The molecule has 0 saturated carbocycles. The maximum absolute atomic E-state index is 13.5. The maximum Gasteiger partial charge on any atom is 0.305 e. The number of halogens is 1. The van der Waals surface area contributed by atoms with Gasteiger partial charge in [-0.25, -0.2) is 0 Å². The van der Waals surface area contributed by atoms with Crippen LogP contribution < -0.4 is 4.74 Å². The molecule has 0 amide bonds. The molecule has 290 valence electrons. The number of benzene rings is 2. The number of ether oxygens (including phenoxy) is 6. The highest BCUT2D eigenvalue weighted by molar-refractivity contribution is 7.15. The van der Waals surface area contributed by atoms with E-state index in [0.717, 1.165) is 38.8 Å². The zero-order chi connectivity index (χ0) is 38.3. The molecule has 1 N–H and O–H groups in total. The number of aromatic nitrogens is 3. The first kappa shape index (κ1) is 41.1. The van der Waals surface area contributed by atoms with Gasteiger partial charge in [0.1, 0.15) is 35.0 Å². The number of Topliss-reactive ketones (excluding diaryl/α,β-unsaturated/α-hetero) is 1. The SMILES string of the molecule is Cc1sc2c(c1C)C(c1ccc(Cl)cc1)=N[C@@H](CC(=O)Cc1ccc(OCCOCCOCCOCCOCCOCCC(=O)O)cc1)c1nnc(C)n1-2. The Morgan fingerprint density at radius 2 is 1.35 bits per heavy atom. The summed E-state index contributed by atoms with van der Waals surface area (Å²) in [6.45, 7) is 10.5. The summed E-state index contributed by atoms with van der Waals surface area (Å²) in [5.74, 6) is 1.27. The number of carbonyl (C=O) groups is 2. The van der Waals surface area contributed by atoms with Gasteiger partial charge in [0, 0.05) is 33.9 Å². The minimum absolute atomic E-state index is 0.0132. The van der Waals surface area contributed by atoms with Gasteiger partial charge < -0.3 is 33.5 Å². The Kier molecular flexibility index (Phi) is 16.1. The van der Waals surface area contributed by atoms with Crippen LogP contribution in [0.5, 0.6) is 5.75 Å². The number of carbonyl (C=O) groups excluding carboxylic acids is 1. The van der Waals surface area contributed by atoms with Gasteiger partial charge in [-0.05, 0) is 56.2 Å². The quantitative estimate of drug-likeness (QED) is 0.0841. The van der Waals surface area contributed by atoms with Crippen molar-refractivity contribution in [3.8, 4) is 10.8 Å².